The van der Waals surface area contributed by atoms with Crippen molar-refractivity contribution in [3.05, 3.63) is 28.3 Å². The third-order valence-electron chi connectivity index (χ3n) is 3.19. The van der Waals surface area contributed by atoms with Crippen molar-refractivity contribution in [1.82, 2.24) is 0 Å². The molecule has 0 aliphatic carbocycles. The summed E-state index contributed by atoms with van der Waals surface area (Å²) in [6, 6.07) is 3.96. The van der Waals surface area contributed by atoms with Gasteiger partial charge in [0.05, 0.1) is 7.11 Å². The number of nitriles is 1. The number of benzene rings is 1. The molecule has 0 radical (unpaired) electrons. The first-order valence-electron chi connectivity index (χ1n) is 6.39. The topological polar surface area (TPSA) is 33.0 Å². The Bertz CT molecular complexity index is 468. The summed E-state index contributed by atoms with van der Waals surface area (Å²) in [6.45, 7) is 6.42. The van der Waals surface area contributed by atoms with Crippen molar-refractivity contribution < 1.29 is 4.74 Å². The molecular weight excluding hydrogens is 278 g/mol. The number of nitrogens with zero attached hydrogens (tertiary/aromatic N) is 1. The van der Waals surface area contributed by atoms with Gasteiger partial charge in [-0.15, -0.1) is 0 Å². The van der Waals surface area contributed by atoms with Crippen molar-refractivity contribution in [2.75, 3.05) is 12.9 Å². The highest BCUT2D eigenvalue weighted by molar-refractivity contribution is 8.03. The molecule has 0 saturated heterocycles. The van der Waals surface area contributed by atoms with E-state index in [1.165, 1.54) is 11.8 Å². The maximum absolute atomic E-state index is 8.58. The summed E-state index contributed by atoms with van der Waals surface area (Å²) in [7, 11) is 1.70. The van der Waals surface area contributed by atoms with Crippen molar-refractivity contribution in [2.24, 2.45) is 0 Å². The quantitative estimate of drug-likeness (QED) is 0.536. The molecule has 0 fully saturated rings. The first-order chi connectivity index (χ1) is 9.01. The summed E-state index contributed by atoms with van der Waals surface area (Å²) in [5.41, 5.74) is 2.28. The molecule has 1 aromatic carbocycles. The Balaban J connectivity index is 3.08. The molecule has 0 heterocycles. The Morgan fingerprint density at radius 2 is 1.95 bits per heavy atom. The van der Waals surface area contributed by atoms with Crippen molar-refractivity contribution in [3.8, 4) is 11.2 Å². The SMILES string of the molecule is COc1c(C(C)C)cc(Cl)cc1C(C)CCSC#N. The molecular formula is C15H20ClNOS. The minimum absolute atomic E-state index is 0.326. The Kier molecular flexibility index (Phi) is 6.54. The fourth-order valence-electron chi connectivity index (χ4n) is 2.10. The molecule has 1 aromatic rings. The average molecular weight is 298 g/mol. The van der Waals surface area contributed by atoms with E-state index in [1.807, 2.05) is 12.1 Å². The zero-order chi connectivity index (χ0) is 14.4. The average Bonchev–Trinajstić information content (AvgIpc) is 2.37. The van der Waals surface area contributed by atoms with Gasteiger partial charge in [-0.05, 0) is 53.3 Å². The summed E-state index contributed by atoms with van der Waals surface area (Å²) in [4.78, 5) is 0. The summed E-state index contributed by atoms with van der Waals surface area (Å²) >= 11 is 7.51. The molecule has 0 spiro atoms. The third-order valence-corrected chi connectivity index (χ3v) is 3.97. The summed E-state index contributed by atoms with van der Waals surface area (Å²) in [6.07, 6.45) is 0.937. The minimum atomic E-state index is 0.326. The van der Waals surface area contributed by atoms with Gasteiger partial charge in [-0.1, -0.05) is 32.4 Å². The van der Waals surface area contributed by atoms with Crippen LogP contribution in [-0.4, -0.2) is 12.9 Å². The molecule has 0 aliphatic heterocycles. The van der Waals surface area contributed by atoms with Gasteiger partial charge in [0.25, 0.3) is 0 Å². The van der Waals surface area contributed by atoms with Crippen LogP contribution < -0.4 is 4.74 Å². The van der Waals surface area contributed by atoms with E-state index in [2.05, 4.69) is 26.2 Å². The lowest BCUT2D eigenvalue weighted by Crippen LogP contribution is -2.03. The molecule has 0 N–H and O–H groups in total. The molecule has 1 unspecified atom stereocenters. The van der Waals surface area contributed by atoms with Crippen LogP contribution in [0.15, 0.2) is 12.1 Å². The standard InChI is InChI=1S/C15H20ClNOS/c1-10(2)13-7-12(16)8-14(15(13)18-4)11(3)5-6-19-9-17/h7-8,10-11H,5-6H2,1-4H3. The molecule has 1 rings (SSSR count). The van der Waals surface area contributed by atoms with Gasteiger partial charge in [-0.3, -0.25) is 0 Å². The Labute approximate surface area is 125 Å². The van der Waals surface area contributed by atoms with E-state index in [9.17, 15) is 0 Å². The van der Waals surface area contributed by atoms with E-state index < -0.39 is 0 Å². The van der Waals surface area contributed by atoms with Gasteiger partial charge in [0.15, 0.2) is 0 Å². The molecule has 2 nitrogen and oxygen atoms in total. The highest BCUT2D eigenvalue weighted by Gasteiger charge is 2.18. The maximum Gasteiger partial charge on any atom is 0.133 e. The molecule has 0 bridgehead atoms. The van der Waals surface area contributed by atoms with E-state index in [0.717, 1.165) is 34.1 Å². The zero-order valence-corrected chi connectivity index (χ0v) is 13.4. The Morgan fingerprint density at radius 1 is 1.32 bits per heavy atom. The third kappa shape index (κ3) is 4.33. The summed E-state index contributed by atoms with van der Waals surface area (Å²) in [5, 5.41) is 11.4. The van der Waals surface area contributed by atoms with Crippen molar-refractivity contribution in [2.45, 2.75) is 39.0 Å². The lowest BCUT2D eigenvalue weighted by Gasteiger charge is -2.20. The van der Waals surface area contributed by atoms with Crippen molar-refractivity contribution in [3.63, 3.8) is 0 Å². The van der Waals surface area contributed by atoms with Gasteiger partial charge in [0.1, 0.15) is 11.2 Å². The second-order valence-electron chi connectivity index (χ2n) is 4.90. The fraction of sp³-hybridized carbons (Fsp3) is 0.533. The van der Waals surface area contributed by atoms with Gasteiger partial charge in [-0.25, -0.2) is 0 Å². The van der Waals surface area contributed by atoms with E-state index in [-0.39, 0.29) is 0 Å². The van der Waals surface area contributed by atoms with Crippen LogP contribution >= 0.6 is 23.4 Å². The number of methoxy groups -OCH3 is 1. The summed E-state index contributed by atoms with van der Waals surface area (Å²) in [5.74, 6) is 2.46. The lowest BCUT2D eigenvalue weighted by atomic mass is 9.92. The van der Waals surface area contributed by atoms with Crippen LogP contribution in [0.4, 0.5) is 0 Å². The highest BCUT2D eigenvalue weighted by Crippen LogP contribution is 2.38. The van der Waals surface area contributed by atoms with Crippen molar-refractivity contribution in [1.29, 1.82) is 5.26 Å². The van der Waals surface area contributed by atoms with Crippen LogP contribution in [0, 0.1) is 10.7 Å². The number of hydrogen-bond donors (Lipinski definition) is 0. The monoisotopic (exact) mass is 297 g/mol. The normalized spacial score (nSPS) is 12.3. The van der Waals surface area contributed by atoms with E-state index in [0.29, 0.717) is 11.8 Å². The number of thioether (sulfide) groups is 1. The molecule has 0 aromatic heterocycles. The molecule has 0 saturated carbocycles. The molecule has 1 atom stereocenters. The number of ether oxygens (including phenoxy) is 1. The number of halogens is 1. The zero-order valence-electron chi connectivity index (χ0n) is 11.9. The van der Waals surface area contributed by atoms with Gasteiger partial charge >= 0.3 is 0 Å². The minimum Gasteiger partial charge on any atom is -0.496 e. The van der Waals surface area contributed by atoms with Crippen molar-refractivity contribution >= 4 is 23.4 Å². The lowest BCUT2D eigenvalue weighted by molar-refractivity contribution is 0.399. The van der Waals surface area contributed by atoms with Gasteiger partial charge in [0.2, 0.25) is 0 Å². The summed E-state index contributed by atoms with van der Waals surface area (Å²) < 4.78 is 5.59. The second-order valence-corrected chi connectivity index (χ2v) is 6.22. The van der Waals surface area contributed by atoms with Crippen LogP contribution in [0.3, 0.4) is 0 Å². The Morgan fingerprint density at radius 3 is 2.47 bits per heavy atom. The number of hydrogen-bond acceptors (Lipinski definition) is 3. The maximum atomic E-state index is 8.58. The predicted molar refractivity (Wildman–Crippen MR) is 83.2 cm³/mol. The molecule has 104 valence electrons. The van der Waals surface area contributed by atoms with E-state index in [4.69, 9.17) is 21.6 Å². The first kappa shape index (κ1) is 16.2. The fourth-order valence-corrected chi connectivity index (χ4v) is 2.90. The number of thiocyanates is 1. The number of rotatable bonds is 6. The molecule has 4 heteroatoms. The van der Waals surface area contributed by atoms with Gasteiger partial charge in [-0.2, -0.15) is 5.26 Å². The highest BCUT2D eigenvalue weighted by atomic mass is 35.5. The van der Waals surface area contributed by atoms with Crippen LogP contribution in [0.25, 0.3) is 0 Å². The van der Waals surface area contributed by atoms with Crippen LogP contribution in [0.2, 0.25) is 5.02 Å². The predicted octanol–water partition coefficient (Wildman–Crippen LogP) is 5.18. The van der Waals surface area contributed by atoms with Crippen LogP contribution in [0.1, 0.15) is 50.2 Å². The van der Waals surface area contributed by atoms with Gasteiger partial charge < -0.3 is 4.74 Å². The second kappa shape index (κ2) is 7.67. The van der Waals surface area contributed by atoms with Crippen LogP contribution in [-0.2, 0) is 0 Å². The molecule has 0 aliphatic rings. The van der Waals surface area contributed by atoms with Gasteiger partial charge in [0, 0.05) is 10.8 Å². The van der Waals surface area contributed by atoms with E-state index in [1.54, 1.807) is 7.11 Å². The van der Waals surface area contributed by atoms with Crippen LogP contribution in [0.5, 0.6) is 5.75 Å². The molecule has 19 heavy (non-hydrogen) atoms. The molecule has 0 amide bonds. The smallest absolute Gasteiger partial charge is 0.133 e. The largest absolute Gasteiger partial charge is 0.496 e. The Hall–Kier alpha value is -0.850. The van der Waals surface area contributed by atoms with E-state index >= 15 is 0 Å². The first-order valence-corrected chi connectivity index (χ1v) is 7.75.